The Hall–Kier alpha value is -0.440. The molecule has 0 unspecified atom stereocenters. The highest BCUT2D eigenvalue weighted by Crippen LogP contribution is 2.27. The Morgan fingerprint density at radius 2 is 1.91 bits per heavy atom. The van der Waals surface area contributed by atoms with Gasteiger partial charge in [0, 0.05) is 11.0 Å². The van der Waals surface area contributed by atoms with E-state index in [0.29, 0.717) is 5.09 Å². The molecule has 0 N–H and O–H groups in total. The molecule has 0 aliphatic heterocycles. The number of thiol groups is 1. The highest BCUT2D eigenvalue weighted by Gasteiger charge is 2.22. The largest absolute Gasteiger partial charge is 0.350 e. The van der Waals surface area contributed by atoms with Gasteiger partial charge in [-0.05, 0) is 6.92 Å². The number of hydrogen-bond acceptors (Lipinski definition) is 3. The Balaban J connectivity index is 3.15. The van der Waals surface area contributed by atoms with Gasteiger partial charge in [-0.2, -0.15) is 0 Å². The first-order chi connectivity index (χ1) is 4.93. The van der Waals surface area contributed by atoms with Gasteiger partial charge < -0.3 is 4.52 Å². The second-order valence-corrected chi connectivity index (χ2v) is 4.12. The van der Waals surface area contributed by atoms with E-state index in [2.05, 4.69) is 38.6 Å². The average Bonchev–Trinajstić information content (AvgIpc) is 2.11. The third-order valence-corrected chi connectivity index (χ3v) is 2.03. The molecule has 0 bridgehead atoms. The Labute approximate surface area is 72.4 Å². The molecule has 0 saturated heterocycles. The van der Waals surface area contributed by atoms with Gasteiger partial charge in [0.1, 0.15) is 0 Å². The fourth-order valence-electron chi connectivity index (χ4n) is 1.03. The summed E-state index contributed by atoms with van der Waals surface area (Å²) < 4.78 is 4.94. The molecule has 1 aromatic rings. The minimum absolute atomic E-state index is 0.0502. The molecule has 0 amide bonds. The molecule has 0 aliphatic carbocycles. The van der Waals surface area contributed by atoms with Crippen molar-refractivity contribution in [3.05, 3.63) is 11.3 Å². The number of nitrogens with zero attached hydrogens (tertiary/aromatic N) is 1. The van der Waals surface area contributed by atoms with E-state index in [-0.39, 0.29) is 5.41 Å². The van der Waals surface area contributed by atoms with E-state index in [1.54, 1.807) is 0 Å². The van der Waals surface area contributed by atoms with Crippen LogP contribution in [-0.4, -0.2) is 5.16 Å². The molecule has 11 heavy (non-hydrogen) atoms. The summed E-state index contributed by atoms with van der Waals surface area (Å²) in [4.78, 5) is 0. The van der Waals surface area contributed by atoms with Crippen LogP contribution in [0.15, 0.2) is 9.62 Å². The second-order valence-electron chi connectivity index (χ2n) is 3.71. The van der Waals surface area contributed by atoms with Crippen molar-refractivity contribution in [2.24, 2.45) is 0 Å². The van der Waals surface area contributed by atoms with Gasteiger partial charge in [0.15, 0.2) is 5.09 Å². The molecule has 0 radical (unpaired) electrons. The monoisotopic (exact) mass is 171 g/mol. The summed E-state index contributed by atoms with van der Waals surface area (Å²) in [5, 5.41) is 4.56. The van der Waals surface area contributed by atoms with E-state index in [1.807, 2.05) is 6.92 Å². The van der Waals surface area contributed by atoms with E-state index < -0.39 is 0 Å². The van der Waals surface area contributed by atoms with Crippen LogP contribution in [0.5, 0.6) is 0 Å². The zero-order valence-electron chi connectivity index (χ0n) is 7.30. The van der Waals surface area contributed by atoms with Crippen LogP contribution in [-0.2, 0) is 5.41 Å². The highest BCUT2D eigenvalue weighted by molar-refractivity contribution is 7.80. The van der Waals surface area contributed by atoms with Crippen molar-refractivity contribution in [3.8, 4) is 0 Å². The summed E-state index contributed by atoms with van der Waals surface area (Å²) in [6, 6.07) is 0. The molecule has 0 aliphatic rings. The molecule has 0 atom stereocenters. The minimum Gasteiger partial charge on any atom is -0.350 e. The van der Waals surface area contributed by atoms with E-state index in [9.17, 15) is 0 Å². The maximum atomic E-state index is 4.94. The van der Waals surface area contributed by atoms with Crippen LogP contribution in [0.3, 0.4) is 0 Å². The molecule has 1 heterocycles. The van der Waals surface area contributed by atoms with Crippen molar-refractivity contribution in [2.45, 2.75) is 38.2 Å². The number of hydrogen-bond donors (Lipinski definition) is 1. The lowest BCUT2D eigenvalue weighted by Crippen LogP contribution is -2.12. The third-order valence-electron chi connectivity index (χ3n) is 1.61. The smallest absolute Gasteiger partial charge is 0.193 e. The SMILES string of the molecule is Cc1c(C(C)(C)C)noc1S. The van der Waals surface area contributed by atoms with Gasteiger partial charge in [0.2, 0.25) is 0 Å². The van der Waals surface area contributed by atoms with Gasteiger partial charge in [-0.15, -0.1) is 12.6 Å². The topological polar surface area (TPSA) is 26.0 Å². The van der Waals surface area contributed by atoms with Gasteiger partial charge in [0.05, 0.1) is 5.69 Å². The molecule has 0 aromatic carbocycles. The first-order valence-corrected chi connectivity index (χ1v) is 4.03. The third kappa shape index (κ3) is 1.59. The quantitative estimate of drug-likeness (QED) is 0.607. The molecule has 0 fully saturated rings. The fraction of sp³-hybridized carbons (Fsp3) is 0.625. The standard InChI is InChI=1S/C8H13NOS/c1-5-6(8(2,3)4)9-10-7(5)11/h11H,1-4H3. The van der Waals surface area contributed by atoms with Crippen LogP contribution in [0, 0.1) is 6.92 Å². The van der Waals surface area contributed by atoms with Gasteiger partial charge >= 0.3 is 0 Å². The maximum absolute atomic E-state index is 4.94. The Morgan fingerprint density at radius 1 is 1.36 bits per heavy atom. The number of rotatable bonds is 0. The molecule has 0 saturated carbocycles. The molecule has 0 spiro atoms. The second kappa shape index (κ2) is 2.55. The van der Waals surface area contributed by atoms with Gasteiger partial charge in [-0.3, -0.25) is 0 Å². The summed E-state index contributed by atoms with van der Waals surface area (Å²) >= 11 is 4.12. The van der Waals surface area contributed by atoms with Crippen molar-refractivity contribution in [1.82, 2.24) is 5.16 Å². The Morgan fingerprint density at radius 3 is 2.09 bits per heavy atom. The van der Waals surface area contributed by atoms with Crippen molar-refractivity contribution in [2.75, 3.05) is 0 Å². The van der Waals surface area contributed by atoms with E-state index in [1.165, 1.54) is 0 Å². The van der Waals surface area contributed by atoms with Crippen LogP contribution in [0.1, 0.15) is 32.0 Å². The maximum Gasteiger partial charge on any atom is 0.193 e. The number of aromatic nitrogens is 1. The predicted octanol–water partition coefficient (Wildman–Crippen LogP) is 2.57. The van der Waals surface area contributed by atoms with Crippen LogP contribution < -0.4 is 0 Å². The van der Waals surface area contributed by atoms with Crippen molar-refractivity contribution < 1.29 is 4.52 Å². The molecule has 62 valence electrons. The molecule has 3 heteroatoms. The normalized spacial score (nSPS) is 12.1. The molecule has 1 rings (SSSR count). The molecular weight excluding hydrogens is 158 g/mol. The van der Waals surface area contributed by atoms with Gasteiger partial charge in [-0.25, -0.2) is 0 Å². The summed E-state index contributed by atoms with van der Waals surface area (Å²) in [5.74, 6) is 0. The predicted molar refractivity (Wildman–Crippen MR) is 47.2 cm³/mol. The Kier molecular flexibility index (Phi) is 2.01. The van der Waals surface area contributed by atoms with Gasteiger partial charge in [-0.1, -0.05) is 25.9 Å². The van der Waals surface area contributed by atoms with E-state index >= 15 is 0 Å². The summed E-state index contributed by atoms with van der Waals surface area (Å²) in [7, 11) is 0. The Bertz CT molecular complexity index is 260. The average molecular weight is 171 g/mol. The first kappa shape index (κ1) is 8.65. The van der Waals surface area contributed by atoms with Gasteiger partial charge in [0.25, 0.3) is 0 Å². The summed E-state index contributed by atoms with van der Waals surface area (Å²) in [6.45, 7) is 8.28. The lowest BCUT2D eigenvalue weighted by atomic mass is 9.90. The van der Waals surface area contributed by atoms with Crippen molar-refractivity contribution in [1.29, 1.82) is 0 Å². The van der Waals surface area contributed by atoms with E-state index in [4.69, 9.17) is 4.52 Å². The zero-order chi connectivity index (χ0) is 8.65. The zero-order valence-corrected chi connectivity index (χ0v) is 8.20. The fourth-order valence-corrected chi connectivity index (χ4v) is 1.17. The van der Waals surface area contributed by atoms with E-state index in [0.717, 1.165) is 11.3 Å². The summed E-state index contributed by atoms with van der Waals surface area (Å²) in [5.41, 5.74) is 2.08. The first-order valence-electron chi connectivity index (χ1n) is 3.58. The lowest BCUT2D eigenvalue weighted by Gasteiger charge is -2.14. The van der Waals surface area contributed by atoms with Crippen LogP contribution >= 0.6 is 12.6 Å². The van der Waals surface area contributed by atoms with Crippen LogP contribution in [0.4, 0.5) is 0 Å². The van der Waals surface area contributed by atoms with Crippen LogP contribution in [0.25, 0.3) is 0 Å². The highest BCUT2D eigenvalue weighted by atomic mass is 32.1. The summed E-state index contributed by atoms with van der Waals surface area (Å²) in [6.07, 6.45) is 0. The molecule has 1 aromatic heterocycles. The molecule has 2 nitrogen and oxygen atoms in total. The molecular formula is C8H13NOS. The lowest BCUT2D eigenvalue weighted by molar-refractivity contribution is 0.335. The minimum atomic E-state index is 0.0502. The van der Waals surface area contributed by atoms with Crippen LogP contribution in [0.2, 0.25) is 0 Å². The van der Waals surface area contributed by atoms with Crippen molar-refractivity contribution in [3.63, 3.8) is 0 Å². The van der Waals surface area contributed by atoms with Crippen molar-refractivity contribution >= 4 is 12.6 Å².